The molecule has 3 rings (SSSR count). The monoisotopic (exact) mass is 341 g/mol. The molecule has 0 aliphatic heterocycles. The summed E-state index contributed by atoms with van der Waals surface area (Å²) in [5.74, 6) is 0.434. The summed E-state index contributed by atoms with van der Waals surface area (Å²) >= 11 is 6.14. The van der Waals surface area contributed by atoms with Gasteiger partial charge in [-0.25, -0.2) is 0 Å². The third kappa shape index (κ3) is 4.14. The molecule has 0 aliphatic carbocycles. The third-order valence-electron chi connectivity index (χ3n) is 3.44. The van der Waals surface area contributed by atoms with E-state index in [9.17, 15) is 4.79 Å². The van der Waals surface area contributed by atoms with Gasteiger partial charge in [-0.15, -0.1) is 0 Å². The van der Waals surface area contributed by atoms with Gasteiger partial charge in [-0.3, -0.25) is 9.78 Å². The maximum Gasteiger partial charge on any atom is 0.270 e. The minimum atomic E-state index is -0.257. The summed E-state index contributed by atoms with van der Waals surface area (Å²) in [6, 6.07) is 14.7. The van der Waals surface area contributed by atoms with E-state index in [1.165, 1.54) is 0 Å². The molecule has 1 amide bonds. The first-order valence-corrected chi connectivity index (χ1v) is 7.84. The molecule has 2 N–H and O–H groups in total. The van der Waals surface area contributed by atoms with Crippen LogP contribution in [0.3, 0.4) is 0 Å². The molecule has 0 saturated carbocycles. The second-order valence-corrected chi connectivity index (χ2v) is 5.54. The number of aromatic nitrogens is 1. The highest BCUT2D eigenvalue weighted by molar-refractivity contribution is 6.31. The fraction of sp³-hybridized carbons (Fsp3) is 0.111. The Bertz CT molecular complexity index is 819. The van der Waals surface area contributed by atoms with E-state index < -0.39 is 0 Å². The van der Waals surface area contributed by atoms with Crippen molar-refractivity contribution in [3.63, 3.8) is 0 Å². The minimum Gasteiger partial charge on any atom is -0.467 e. The molecule has 0 bridgehead atoms. The highest BCUT2D eigenvalue weighted by Crippen LogP contribution is 2.17. The predicted octanol–water partition coefficient (Wildman–Crippen LogP) is 3.87. The number of benzene rings is 1. The maximum atomic E-state index is 12.2. The summed E-state index contributed by atoms with van der Waals surface area (Å²) in [4.78, 5) is 16.3. The molecule has 0 aliphatic rings. The Morgan fingerprint density at radius 2 is 2.00 bits per heavy atom. The van der Waals surface area contributed by atoms with Crippen molar-refractivity contribution in [3.05, 3.63) is 83.0 Å². The van der Waals surface area contributed by atoms with Crippen molar-refractivity contribution in [2.45, 2.75) is 13.1 Å². The standard InChI is InChI=1S/C18H16ClN3O2/c19-16-6-2-1-4-13(16)11-21-14-7-8-20-17(10-14)18(23)22-12-15-5-3-9-24-15/h1-10H,11-12H2,(H,20,21)(H,22,23). The molecule has 0 unspecified atom stereocenters. The van der Waals surface area contributed by atoms with Crippen LogP contribution >= 0.6 is 11.6 Å². The van der Waals surface area contributed by atoms with Gasteiger partial charge in [0.05, 0.1) is 12.8 Å². The summed E-state index contributed by atoms with van der Waals surface area (Å²) in [6.07, 6.45) is 3.16. The van der Waals surface area contributed by atoms with E-state index in [0.29, 0.717) is 29.6 Å². The van der Waals surface area contributed by atoms with Gasteiger partial charge >= 0.3 is 0 Å². The first-order chi connectivity index (χ1) is 11.7. The molecule has 6 heteroatoms. The second-order valence-electron chi connectivity index (χ2n) is 5.14. The Morgan fingerprint density at radius 1 is 1.12 bits per heavy atom. The lowest BCUT2D eigenvalue weighted by atomic mass is 10.2. The SMILES string of the molecule is O=C(NCc1ccco1)c1cc(NCc2ccccc2Cl)ccn1. The molecule has 0 atom stereocenters. The smallest absolute Gasteiger partial charge is 0.270 e. The van der Waals surface area contributed by atoms with Crippen LogP contribution in [0.5, 0.6) is 0 Å². The minimum absolute atomic E-state index is 0.257. The molecule has 0 spiro atoms. The number of furan rings is 1. The Hall–Kier alpha value is -2.79. The number of carbonyl (C=O) groups is 1. The van der Waals surface area contributed by atoms with Gasteiger partial charge in [0, 0.05) is 23.5 Å². The molecular formula is C18H16ClN3O2. The number of amides is 1. The van der Waals surface area contributed by atoms with Crippen LogP contribution in [0.25, 0.3) is 0 Å². The van der Waals surface area contributed by atoms with Crippen LogP contribution in [-0.2, 0) is 13.1 Å². The van der Waals surface area contributed by atoms with Crippen LogP contribution in [0, 0.1) is 0 Å². The van der Waals surface area contributed by atoms with Crippen LogP contribution in [0.1, 0.15) is 21.8 Å². The summed E-state index contributed by atoms with van der Waals surface area (Å²) in [7, 11) is 0. The number of pyridine rings is 1. The largest absolute Gasteiger partial charge is 0.467 e. The van der Waals surface area contributed by atoms with Crippen molar-refractivity contribution in [2.24, 2.45) is 0 Å². The van der Waals surface area contributed by atoms with E-state index in [0.717, 1.165) is 11.3 Å². The maximum absolute atomic E-state index is 12.2. The second kappa shape index (κ2) is 7.66. The van der Waals surface area contributed by atoms with Gasteiger partial charge in [0.2, 0.25) is 0 Å². The first-order valence-electron chi connectivity index (χ1n) is 7.46. The molecule has 1 aromatic carbocycles. The van der Waals surface area contributed by atoms with Gasteiger partial charge in [-0.1, -0.05) is 29.8 Å². The molecular weight excluding hydrogens is 326 g/mol. The number of rotatable bonds is 6. The number of nitrogens with one attached hydrogen (secondary N) is 2. The average Bonchev–Trinajstić information content (AvgIpc) is 3.13. The van der Waals surface area contributed by atoms with E-state index in [4.69, 9.17) is 16.0 Å². The number of anilines is 1. The van der Waals surface area contributed by atoms with Crippen LogP contribution in [0.2, 0.25) is 5.02 Å². The van der Waals surface area contributed by atoms with Crippen LogP contribution in [-0.4, -0.2) is 10.9 Å². The Morgan fingerprint density at radius 3 is 2.79 bits per heavy atom. The van der Waals surface area contributed by atoms with Crippen molar-refractivity contribution in [3.8, 4) is 0 Å². The molecule has 24 heavy (non-hydrogen) atoms. The molecule has 2 heterocycles. The van der Waals surface area contributed by atoms with Crippen LogP contribution in [0.15, 0.2) is 65.4 Å². The number of hydrogen-bond donors (Lipinski definition) is 2. The highest BCUT2D eigenvalue weighted by atomic mass is 35.5. The van der Waals surface area contributed by atoms with Gasteiger partial charge < -0.3 is 15.1 Å². The van der Waals surface area contributed by atoms with Crippen molar-refractivity contribution in [1.29, 1.82) is 0 Å². The molecule has 2 aromatic heterocycles. The average molecular weight is 342 g/mol. The number of halogens is 1. The van der Waals surface area contributed by atoms with Gasteiger partial charge in [-0.2, -0.15) is 0 Å². The van der Waals surface area contributed by atoms with Gasteiger partial charge in [-0.05, 0) is 35.9 Å². The van der Waals surface area contributed by atoms with Crippen molar-refractivity contribution in [1.82, 2.24) is 10.3 Å². The normalized spacial score (nSPS) is 10.4. The Labute approximate surface area is 144 Å². The van der Waals surface area contributed by atoms with E-state index in [1.807, 2.05) is 24.3 Å². The topological polar surface area (TPSA) is 67.2 Å². The van der Waals surface area contributed by atoms with Gasteiger partial charge in [0.25, 0.3) is 5.91 Å². The Kier molecular flexibility index (Phi) is 5.13. The summed E-state index contributed by atoms with van der Waals surface area (Å²) in [6.45, 7) is 0.891. The van der Waals surface area contributed by atoms with Crippen LogP contribution in [0.4, 0.5) is 5.69 Å². The van der Waals surface area contributed by atoms with E-state index in [-0.39, 0.29) is 5.91 Å². The van der Waals surface area contributed by atoms with Crippen molar-refractivity contribution in [2.75, 3.05) is 5.32 Å². The van der Waals surface area contributed by atoms with Gasteiger partial charge in [0.1, 0.15) is 11.5 Å². The van der Waals surface area contributed by atoms with Crippen molar-refractivity contribution >= 4 is 23.2 Å². The lowest BCUT2D eigenvalue weighted by Gasteiger charge is -2.09. The highest BCUT2D eigenvalue weighted by Gasteiger charge is 2.09. The zero-order valence-electron chi connectivity index (χ0n) is 12.8. The third-order valence-corrected chi connectivity index (χ3v) is 3.81. The molecule has 3 aromatic rings. The molecule has 0 radical (unpaired) electrons. The van der Waals surface area contributed by atoms with E-state index in [2.05, 4.69) is 15.6 Å². The molecule has 5 nitrogen and oxygen atoms in total. The number of carbonyl (C=O) groups excluding carboxylic acids is 1. The quantitative estimate of drug-likeness (QED) is 0.714. The van der Waals surface area contributed by atoms with Crippen LogP contribution < -0.4 is 10.6 Å². The summed E-state index contributed by atoms with van der Waals surface area (Å²) in [5.41, 5.74) is 2.12. The zero-order chi connectivity index (χ0) is 16.8. The lowest BCUT2D eigenvalue weighted by molar-refractivity contribution is 0.0943. The molecule has 0 saturated heterocycles. The fourth-order valence-corrected chi connectivity index (χ4v) is 2.38. The molecule has 122 valence electrons. The predicted molar refractivity (Wildman–Crippen MR) is 92.9 cm³/mol. The Balaban J connectivity index is 1.61. The molecule has 0 fully saturated rings. The lowest BCUT2D eigenvalue weighted by Crippen LogP contribution is -2.23. The number of hydrogen-bond acceptors (Lipinski definition) is 4. The first kappa shape index (κ1) is 16.1. The van der Waals surface area contributed by atoms with Crippen molar-refractivity contribution < 1.29 is 9.21 Å². The fourth-order valence-electron chi connectivity index (χ4n) is 2.17. The number of nitrogens with zero attached hydrogens (tertiary/aromatic N) is 1. The van der Waals surface area contributed by atoms with E-state index in [1.54, 1.807) is 36.7 Å². The van der Waals surface area contributed by atoms with Gasteiger partial charge in [0.15, 0.2) is 0 Å². The summed E-state index contributed by atoms with van der Waals surface area (Å²) < 4.78 is 5.18. The van der Waals surface area contributed by atoms with E-state index >= 15 is 0 Å². The zero-order valence-corrected chi connectivity index (χ0v) is 13.6. The summed E-state index contributed by atoms with van der Waals surface area (Å²) in [5, 5.41) is 6.72.